The van der Waals surface area contributed by atoms with Gasteiger partial charge in [-0.05, 0) is 31.0 Å². The van der Waals surface area contributed by atoms with Crippen LogP contribution in [-0.4, -0.2) is 40.4 Å². The highest BCUT2D eigenvalue weighted by molar-refractivity contribution is 14.0. The fourth-order valence-corrected chi connectivity index (χ4v) is 3.01. The second kappa shape index (κ2) is 12.3. The molecule has 144 valence electrons. The van der Waals surface area contributed by atoms with E-state index < -0.39 is 0 Å². The smallest absolute Gasteiger partial charge is 0.191 e. The van der Waals surface area contributed by atoms with Crippen LogP contribution in [0.1, 0.15) is 25.2 Å². The number of nitrogens with zero attached hydrogens (tertiary/aromatic N) is 4. The van der Waals surface area contributed by atoms with Gasteiger partial charge in [-0.1, -0.05) is 36.2 Å². The molecule has 1 heterocycles. The van der Waals surface area contributed by atoms with Crippen molar-refractivity contribution in [3.8, 4) is 0 Å². The van der Waals surface area contributed by atoms with E-state index in [-0.39, 0.29) is 24.0 Å². The molecule has 0 fully saturated rings. The van der Waals surface area contributed by atoms with Crippen molar-refractivity contribution in [2.24, 2.45) is 4.99 Å². The van der Waals surface area contributed by atoms with E-state index in [9.17, 15) is 0 Å². The summed E-state index contributed by atoms with van der Waals surface area (Å²) in [7, 11) is 0. The highest BCUT2D eigenvalue weighted by atomic mass is 127. The van der Waals surface area contributed by atoms with Crippen LogP contribution in [0.2, 0.25) is 10.0 Å². The maximum Gasteiger partial charge on any atom is 0.191 e. The molecule has 1 aromatic carbocycles. The van der Waals surface area contributed by atoms with E-state index in [1.807, 2.05) is 29.7 Å². The second-order valence-electron chi connectivity index (χ2n) is 5.43. The predicted octanol–water partition coefficient (Wildman–Crippen LogP) is 3.56. The first-order valence-corrected chi connectivity index (χ1v) is 9.23. The van der Waals surface area contributed by atoms with Gasteiger partial charge in [0.05, 0.1) is 0 Å². The van der Waals surface area contributed by atoms with Crippen LogP contribution < -0.4 is 10.6 Å². The zero-order valence-corrected chi connectivity index (χ0v) is 18.8. The highest BCUT2D eigenvalue weighted by Gasteiger charge is 2.05. The third kappa shape index (κ3) is 6.92. The normalized spacial score (nSPS) is 11.2. The molecule has 6 nitrogen and oxygen atoms in total. The van der Waals surface area contributed by atoms with Crippen LogP contribution in [0.25, 0.3) is 0 Å². The third-order valence-corrected chi connectivity index (χ3v) is 4.40. The summed E-state index contributed by atoms with van der Waals surface area (Å²) in [4.78, 5) is 4.59. The summed E-state index contributed by atoms with van der Waals surface area (Å²) in [5.74, 6) is 1.76. The van der Waals surface area contributed by atoms with Crippen molar-refractivity contribution in [2.75, 3.05) is 19.6 Å². The van der Waals surface area contributed by atoms with E-state index in [4.69, 9.17) is 23.2 Å². The highest BCUT2D eigenvalue weighted by Crippen LogP contribution is 2.24. The van der Waals surface area contributed by atoms with Crippen molar-refractivity contribution in [1.29, 1.82) is 0 Å². The van der Waals surface area contributed by atoms with Crippen molar-refractivity contribution in [3.05, 3.63) is 46.0 Å². The molecule has 0 radical (unpaired) electrons. The number of halogens is 3. The van der Waals surface area contributed by atoms with Gasteiger partial charge in [0.25, 0.3) is 0 Å². The molecule has 2 rings (SSSR count). The summed E-state index contributed by atoms with van der Waals surface area (Å²) in [6.07, 6.45) is 3.32. The molecular formula is C17H25Cl2IN6. The Morgan fingerprint density at radius 2 is 1.92 bits per heavy atom. The summed E-state index contributed by atoms with van der Waals surface area (Å²) in [5, 5.41) is 15.9. The van der Waals surface area contributed by atoms with Crippen molar-refractivity contribution in [3.63, 3.8) is 0 Å². The zero-order valence-electron chi connectivity index (χ0n) is 15.0. The Balaban J connectivity index is 0.00000338. The third-order valence-electron chi connectivity index (χ3n) is 3.69. The van der Waals surface area contributed by atoms with Crippen LogP contribution in [0.3, 0.4) is 0 Å². The first-order chi connectivity index (χ1) is 12.2. The summed E-state index contributed by atoms with van der Waals surface area (Å²) in [6, 6.07) is 5.54. The lowest BCUT2D eigenvalue weighted by molar-refractivity contribution is 0.632. The first-order valence-electron chi connectivity index (χ1n) is 8.47. The number of nitrogens with one attached hydrogen (secondary N) is 2. The Hall–Kier alpha value is -1.06. The fraction of sp³-hybridized carbons (Fsp3) is 0.471. The van der Waals surface area contributed by atoms with Crippen LogP contribution >= 0.6 is 47.2 Å². The molecule has 9 heteroatoms. The van der Waals surface area contributed by atoms with E-state index in [0.29, 0.717) is 23.0 Å². The number of aromatic nitrogens is 3. The molecule has 0 aliphatic heterocycles. The quantitative estimate of drug-likeness (QED) is 0.323. The number of hydrogen-bond donors (Lipinski definition) is 2. The van der Waals surface area contributed by atoms with Gasteiger partial charge in [0, 0.05) is 42.6 Å². The molecule has 0 bridgehead atoms. The number of guanidine groups is 1. The molecule has 0 unspecified atom stereocenters. The topological polar surface area (TPSA) is 67.1 Å². The average Bonchev–Trinajstić information content (AvgIpc) is 3.05. The van der Waals surface area contributed by atoms with E-state index in [1.165, 1.54) is 0 Å². The molecule has 2 aromatic rings. The van der Waals surface area contributed by atoms with Gasteiger partial charge in [-0.25, -0.2) is 0 Å². The summed E-state index contributed by atoms with van der Waals surface area (Å²) in [5.41, 5.74) is 0.933. The summed E-state index contributed by atoms with van der Waals surface area (Å²) >= 11 is 12.4. The zero-order chi connectivity index (χ0) is 18.1. The molecular weight excluding hydrogens is 486 g/mol. The lowest BCUT2D eigenvalue weighted by Crippen LogP contribution is -2.39. The van der Waals surface area contributed by atoms with Gasteiger partial charge in [-0.3, -0.25) is 4.99 Å². The first kappa shape index (κ1) is 23.0. The lowest BCUT2D eigenvalue weighted by atomic mass is 10.1. The van der Waals surface area contributed by atoms with Crippen LogP contribution in [0, 0.1) is 0 Å². The molecule has 2 N–H and O–H groups in total. The van der Waals surface area contributed by atoms with E-state index in [1.54, 1.807) is 6.33 Å². The van der Waals surface area contributed by atoms with Crippen LogP contribution in [0.4, 0.5) is 0 Å². The Morgan fingerprint density at radius 3 is 2.58 bits per heavy atom. The molecule has 0 saturated carbocycles. The van der Waals surface area contributed by atoms with Gasteiger partial charge in [0.1, 0.15) is 12.2 Å². The average molecular weight is 511 g/mol. The minimum atomic E-state index is 0. The fourth-order valence-electron chi connectivity index (χ4n) is 2.43. The van der Waals surface area contributed by atoms with Crippen molar-refractivity contribution < 1.29 is 0 Å². The van der Waals surface area contributed by atoms with Crippen LogP contribution in [0.5, 0.6) is 0 Å². The number of rotatable bonds is 8. The van der Waals surface area contributed by atoms with Crippen LogP contribution in [-0.2, 0) is 19.4 Å². The largest absolute Gasteiger partial charge is 0.357 e. The second-order valence-corrected chi connectivity index (χ2v) is 6.25. The van der Waals surface area contributed by atoms with E-state index in [0.717, 1.165) is 43.4 Å². The maximum atomic E-state index is 6.20. The molecule has 26 heavy (non-hydrogen) atoms. The standard InChI is InChI=1S/C17H24Cl2N6.HI/c1-3-16-24-23-12-25(16)11-10-22-17(20-4-2)21-9-8-13-14(18)6-5-7-15(13)19;/h5-7,12H,3-4,8-11H2,1-2H3,(H2,20,21,22);1H. The van der Waals surface area contributed by atoms with Crippen molar-refractivity contribution in [2.45, 2.75) is 33.2 Å². The molecule has 0 spiro atoms. The van der Waals surface area contributed by atoms with Gasteiger partial charge >= 0.3 is 0 Å². The number of aliphatic imine (C=N–C) groups is 1. The van der Waals surface area contributed by atoms with Gasteiger partial charge in [-0.15, -0.1) is 34.2 Å². The lowest BCUT2D eigenvalue weighted by Gasteiger charge is -2.12. The van der Waals surface area contributed by atoms with Gasteiger partial charge < -0.3 is 15.2 Å². The number of aryl methyl sites for hydroxylation is 1. The Labute approximate surface area is 181 Å². The molecule has 0 saturated heterocycles. The van der Waals surface area contributed by atoms with Crippen molar-refractivity contribution >= 4 is 53.1 Å². The van der Waals surface area contributed by atoms with E-state index >= 15 is 0 Å². The molecule has 0 amide bonds. The Kier molecular flexibility index (Phi) is 10.9. The van der Waals surface area contributed by atoms with Crippen LogP contribution in [0.15, 0.2) is 29.5 Å². The molecule has 0 aliphatic carbocycles. The SMILES string of the molecule is CCNC(=NCCc1c(Cl)cccc1Cl)NCCn1cnnc1CC.I. The van der Waals surface area contributed by atoms with Crippen molar-refractivity contribution in [1.82, 2.24) is 25.4 Å². The predicted molar refractivity (Wildman–Crippen MR) is 119 cm³/mol. The molecule has 0 aliphatic rings. The Bertz CT molecular complexity index is 684. The summed E-state index contributed by atoms with van der Waals surface area (Å²) < 4.78 is 2.04. The summed E-state index contributed by atoms with van der Waals surface area (Å²) in [6.45, 7) is 7.04. The minimum absolute atomic E-state index is 0. The maximum absolute atomic E-state index is 6.20. The van der Waals surface area contributed by atoms with Gasteiger partial charge in [0.2, 0.25) is 0 Å². The van der Waals surface area contributed by atoms with Gasteiger partial charge in [0.15, 0.2) is 5.96 Å². The molecule has 0 atom stereocenters. The van der Waals surface area contributed by atoms with E-state index in [2.05, 4.69) is 32.7 Å². The monoisotopic (exact) mass is 510 g/mol. The van der Waals surface area contributed by atoms with Gasteiger partial charge in [-0.2, -0.15) is 0 Å². The minimum Gasteiger partial charge on any atom is -0.357 e. The molecule has 1 aromatic heterocycles. The Morgan fingerprint density at radius 1 is 1.19 bits per heavy atom. The number of hydrogen-bond acceptors (Lipinski definition) is 3. The number of benzene rings is 1.